The Hall–Kier alpha value is -1.94. The van der Waals surface area contributed by atoms with Gasteiger partial charge in [-0.15, -0.1) is 0 Å². The molecule has 0 radical (unpaired) electrons. The molecule has 1 N–H and O–H groups in total. The van der Waals surface area contributed by atoms with Crippen LogP contribution in [0.1, 0.15) is 37.6 Å². The molecule has 0 aliphatic carbocycles. The number of carbonyl (C=O) groups is 1. The van der Waals surface area contributed by atoms with Crippen molar-refractivity contribution in [2.24, 2.45) is 0 Å². The Kier molecular flexibility index (Phi) is 6.99. The number of allylic oxidation sites excluding steroid dienone is 2. The van der Waals surface area contributed by atoms with Gasteiger partial charge in [-0.05, 0) is 45.4 Å². The van der Waals surface area contributed by atoms with Crippen LogP contribution in [-0.4, -0.2) is 24.7 Å². The molecular formula is C18H24FNO2. The van der Waals surface area contributed by atoms with E-state index in [2.05, 4.69) is 11.9 Å². The number of ether oxygens (including phenoxy) is 1. The lowest BCUT2D eigenvalue weighted by Gasteiger charge is -2.25. The van der Waals surface area contributed by atoms with E-state index in [4.69, 9.17) is 4.74 Å². The molecule has 0 aliphatic rings. The molecule has 0 spiro atoms. The molecule has 3 nitrogen and oxygen atoms in total. The molecule has 0 fully saturated rings. The highest BCUT2D eigenvalue weighted by Crippen LogP contribution is 2.14. The fraction of sp³-hybridized carbons (Fsp3) is 0.389. The highest BCUT2D eigenvalue weighted by Gasteiger charge is 2.18. The fourth-order valence-electron chi connectivity index (χ4n) is 1.76. The summed E-state index contributed by atoms with van der Waals surface area (Å²) in [6.07, 6.45) is 4.39. The van der Waals surface area contributed by atoms with Crippen LogP contribution in [0.3, 0.4) is 0 Å². The van der Waals surface area contributed by atoms with Crippen molar-refractivity contribution in [2.75, 3.05) is 13.2 Å². The van der Waals surface area contributed by atoms with E-state index in [9.17, 15) is 9.18 Å². The largest absolute Gasteiger partial charge is 0.371 e. The molecule has 0 heterocycles. The first-order chi connectivity index (χ1) is 10.3. The summed E-state index contributed by atoms with van der Waals surface area (Å²) >= 11 is 0. The summed E-state index contributed by atoms with van der Waals surface area (Å²) in [4.78, 5) is 11.9. The van der Waals surface area contributed by atoms with Crippen LogP contribution >= 0.6 is 0 Å². The number of rotatable bonds is 8. The number of halogens is 1. The molecule has 1 rings (SSSR count). The van der Waals surface area contributed by atoms with Crippen LogP contribution in [-0.2, 0) is 4.74 Å². The van der Waals surface area contributed by atoms with E-state index in [0.717, 1.165) is 5.57 Å². The van der Waals surface area contributed by atoms with Crippen molar-refractivity contribution >= 4 is 5.91 Å². The van der Waals surface area contributed by atoms with E-state index >= 15 is 0 Å². The van der Waals surface area contributed by atoms with Crippen LogP contribution in [0, 0.1) is 5.82 Å². The van der Waals surface area contributed by atoms with Gasteiger partial charge in [0, 0.05) is 12.1 Å². The Morgan fingerprint density at radius 2 is 2.18 bits per heavy atom. The number of amides is 1. The maximum absolute atomic E-state index is 13.1. The lowest BCUT2D eigenvalue weighted by Crippen LogP contribution is -2.33. The minimum absolute atomic E-state index is 0.280. The van der Waals surface area contributed by atoms with E-state index in [0.29, 0.717) is 25.1 Å². The Morgan fingerprint density at radius 1 is 1.45 bits per heavy atom. The van der Waals surface area contributed by atoms with E-state index in [1.165, 1.54) is 18.2 Å². The lowest BCUT2D eigenvalue weighted by molar-refractivity contribution is -0.00666. The summed E-state index contributed by atoms with van der Waals surface area (Å²) in [6.45, 7) is 10.6. The lowest BCUT2D eigenvalue weighted by atomic mass is 10.1. The zero-order valence-corrected chi connectivity index (χ0v) is 13.5. The van der Waals surface area contributed by atoms with Crippen LogP contribution in [0.25, 0.3) is 0 Å². The van der Waals surface area contributed by atoms with Gasteiger partial charge in [-0.1, -0.05) is 30.4 Å². The quantitative estimate of drug-likeness (QED) is 0.740. The standard InChI is InChI=1S/C18H24FNO2/c1-5-14(2)9-12-22-18(3,4)10-11-20-17(21)15-7-6-8-16(19)13-15/h5-9,13H,1,10-12H2,2-4H3,(H,20,21)/b14-9+. The summed E-state index contributed by atoms with van der Waals surface area (Å²) in [7, 11) is 0. The Balaban J connectivity index is 2.39. The second-order valence-corrected chi connectivity index (χ2v) is 5.74. The van der Waals surface area contributed by atoms with Crippen molar-refractivity contribution in [2.45, 2.75) is 32.8 Å². The van der Waals surface area contributed by atoms with Crippen molar-refractivity contribution in [3.8, 4) is 0 Å². The van der Waals surface area contributed by atoms with E-state index in [-0.39, 0.29) is 11.5 Å². The average Bonchev–Trinajstić information content (AvgIpc) is 2.46. The van der Waals surface area contributed by atoms with Crippen LogP contribution in [0.2, 0.25) is 0 Å². The SMILES string of the molecule is C=C/C(C)=C/COC(C)(C)CCNC(=O)c1cccc(F)c1. The van der Waals surface area contributed by atoms with Gasteiger partial charge in [0.05, 0.1) is 12.2 Å². The van der Waals surface area contributed by atoms with Crippen LogP contribution in [0.15, 0.2) is 48.6 Å². The van der Waals surface area contributed by atoms with Gasteiger partial charge in [-0.2, -0.15) is 0 Å². The molecule has 22 heavy (non-hydrogen) atoms. The third-order valence-electron chi connectivity index (χ3n) is 3.30. The Bertz CT molecular complexity index is 550. The van der Waals surface area contributed by atoms with Crippen molar-refractivity contribution in [1.29, 1.82) is 0 Å². The number of hydrogen-bond acceptors (Lipinski definition) is 2. The molecule has 0 unspecified atom stereocenters. The summed E-state index contributed by atoms with van der Waals surface area (Å²) < 4.78 is 18.8. The molecule has 0 saturated heterocycles. The second-order valence-electron chi connectivity index (χ2n) is 5.74. The number of carbonyl (C=O) groups excluding carboxylic acids is 1. The summed E-state index contributed by atoms with van der Waals surface area (Å²) in [5, 5.41) is 2.78. The number of nitrogens with one attached hydrogen (secondary N) is 1. The fourth-order valence-corrected chi connectivity index (χ4v) is 1.76. The summed E-state index contributed by atoms with van der Waals surface area (Å²) in [6, 6.07) is 5.64. The molecular weight excluding hydrogens is 281 g/mol. The van der Waals surface area contributed by atoms with E-state index in [1.807, 2.05) is 26.8 Å². The Morgan fingerprint density at radius 3 is 2.82 bits per heavy atom. The van der Waals surface area contributed by atoms with Gasteiger partial charge in [-0.25, -0.2) is 4.39 Å². The smallest absolute Gasteiger partial charge is 0.251 e. The normalized spacial score (nSPS) is 12.1. The van der Waals surface area contributed by atoms with Crippen molar-refractivity contribution in [1.82, 2.24) is 5.32 Å². The number of benzene rings is 1. The predicted octanol–water partition coefficient (Wildman–Crippen LogP) is 3.87. The van der Waals surface area contributed by atoms with E-state index in [1.54, 1.807) is 12.1 Å². The minimum atomic E-state index is -0.416. The van der Waals surface area contributed by atoms with Gasteiger partial charge in [0.25, 0.3) is 5.91 Å². The first-order valence-corrected chi connectivity index (χ1v) is 7.31. The summed E-state index contributed by atoms with van der Waals surface area (Å²) in [5.41, 5.74) is 1.03. The Labute approximate surface area is 131 Å². The molecule has 1 aromatic carbocycles. The zero-order valence-electron chi connectivity index (χ0n) is 13.5. The highest BCUT2D eigenvalue weighted by molar-refractivity contribution is 5.94. The molecule has 1 amide bonds. The van der Waals surface area contributed by atoms with Crippen molar-refractivity contribution in [3.63, 3.8) is 0 Å². The third-order valence-corrected chi connectivity index (χ3v) is 3.30. The van der Waals surface area contributed by atoms with Gasteiger partial charge in [0.15, 0.2) is 0 Å². The molecule has 120 valence electrons. The molecule has 1 aromatic rings. The second kappa shape index (κ2) is 8.49. The summed E-state index contributed by atoms with van der Waals surface area (Å²) in [5.74, 6) is -0.696. The minimum Gasteiger partial charge on any atom is -0.371 e. The van der Waals surface area contributed by atoms with Gasteiger partial charge in [0.2, 0.25) is 0 Å². The highest BCUT2D eigenvalue weighted by atomic mass is 19.1. The zero-order chi connectivity index (χ0) is 16.6. The van der Waals surface area contributed by atoms with Gasteiger partial charge in [0.1, 0.15) is 5.82 Å². The third kappa shape index (κ3) is 6.68. The molecule has 4 heteroatoms. The first kappa shape index (κ1) is 18.1. The van der Waals surface area contributed by atoms with Gasteiger partial charge < -0.3 is 10.1 Å². The van der Waals surface area contributed by atoms with Crippen molar-refractivity contribution in [3.05, 3.63) is 60.0 Å². The average molecular weight is 305 g/mol. The molecule has 0 aliphatic heterocycles. The topological polar surface area (TPSA) is 38.3 Å². The van der Waals surface area contributed by atoms with Gasteiger partial charge in [-0.3, -0.25) is 4.79 Å². The van der Waals surface area contributed by atoms with Crippen LogP contribution < -0.4 is 5.32 Å². The van der Waals surface area contributed by atoms with Crippen LogP contribution in [0.4, 0.5) is 4.39 Å². The first-order valence-electron chi connectivity index (χ1n) is 7.31. The predicted molar refractivity (Wildman–Crippen MR) is 87.3 cm³/mol. The number of hydrogen-bond donors (Lipinski definition) is 1. The maximum atomic E-state index is 13.1. The van der Waals surface area contributed by atoms with Crippen LogP contribution in [0.5, 0.6) is 0 Å². The van der Waals surface area contributed by atoms with E-state index < -0.39 is 5.82 Å². The molecule has 0 aromatic heterocycles. The maximum Gasteiger partial charge on any atom is 0.251 e. The molecule has 0 saturated carbocycles. The van der Waals surface area contributed by atoms with Gasteiger partial charge >= 0.3 is 0 Å². The van der Waals surface area contributed by atoms with Crippen molar-refractivity contribution < 1.29 is 13.9 Å². The monoisotopic (exact) mass is 305 g/mol. The molecule has 0 atom stereocenters. The molecule has 0 bridgehead atoms.